The van der Waals surface area contributed by atoms with Gasteiger partial charge in [-0.15, -0.1) is 0 Å². The van der Waals surface area contributed by atoms with Gasteiger partial charge in [0.05, 0.1) is 6.07 Å². The average Bonchev–Trinajstić information content (AvgIpc) is 2.48. The van der Waals surface area contributed by atoms with Crippen LogP contribution in [0.3, 0.4) is 0 Å². The molecule has 0 bridgehead atoms. The fraction of sp³-hybridized carbons (Fsp3) is 0.833. The molecule has 0 aromatic rings. The van der Waals surface area contributed by atoms with E-state index in [0.29, 0.717) is 0 Å². The number of hydrogen-bond donors (Lipinski definition) is 0. The standard InChI is InChI=1S/C6H9N3/c1-5(4-7)3-6(2)8-9-6/h5H,3H2,1-2H3. The molecule has 0 amide bonds. The maximum absolute atomic E-state index is 8.39. The SMILES string of the molecule is CC(C#N)CC1(C)N=N1. The highest BCUT2D eigenvalue weighted by Crippen LogP contribution is 2.33. The smallest absolute Gasteiger partial charge is 0.189 e. The summed E-state index contributed by atoms with van der Waals surface area (Å²) in [6.45, 7) is 3.81. The van der Waals surface area contributed by atoms with Gasteiger partial charge in [0.25, 0.3) is 0 Å². The first-order chi connectivity index (χ1) is 4.16. The Hall–Kier alpha value is -0.910. The molecule has 0 spiro atoms. The topological polar surface area (TPSA) is 48.5 Å². The summed E-state index contributed by atoms with van der Waals surface area (Å²) in [7, 11) is 0. The van der Waals surface area contributed by atoms with Gasteiger partial charge < -0.3 is 0 Å². The van der Waals surface area contributed by atoms with Crippen molar-refractivity contribution in [1.29, 1.82) is 5.26 Å². The molecule has 1 atom stereocenters. The van der Waals surface area contributed by atoms with Gasteiger partial charge in [-0.2, -0.15) is 15.5 Å². The second-order valence-electron chi connectivity index (χ2n) is 2.65. The molecule has 0 saturated heterocycles. The minimum absolute atomic E-state index is 0.0741. The minimum Gasteiger partial charge on any atom is -0.198 e. The molecule has 0 radical (unpaired) electrons. The van der Waals surface area contributed by atoms with E-state index in [1.165, 1.54) is 0 Å². The molecule has 3 heteroatoms. The first-order valence-electron chi connectivity index (χ1n) is 3.00. The molecule has 48 valence electrons. The Balaban J connectivity index is 2.28. The van der Waals surface area contributed by atoms with E-state index in [9.17, 15) is 0 Å². The zero-order valence-corrected chi connectivity index (χ0v) is 5.63. The van der Waals surface area contributed by atoms with Crippen LogP contribution in [-0.4, -0.2) is 5.66 Å². The van der Waals surface area contributed by atoms with Crippen molar-refractivity contribution in [3.05, 3.63) is 0 Å². The van der Waals surface area contributed by atoms with E-state index >= 15 is 0 Å². The Morgan fingerprint density at radius 3 is 2.56 bits per heavy atom. The van der Waals surface area contributed by atoms with Crippen molar-refractivity contribution in [2.75, 3.05) is 0 Å². The van der Waals surface area contributed by atoms with E-state index in [1.807, 2.05) is 13.8 Å². The van der Waals surface area contributed by atoms with Crippen LogP contribution in [0.5, 0.6) is 0 Å². The highest BCUT2D eigenvalue weighted by Gasteiger charge is 2.35. The summed E-state index contributed by atoms with van der Waals surface area (Å²) < 4.78 is 0. The van der Waals surface area contributed by atoms with Gasteiger partial charge >= 0.3 is 0 Å². The van der Waals surface area contributed by atoms with Crippen LogP contribution < -0.4 is 0 Å². The summed E-state index contributed by atoms with van der Waals surface area (Å²) in [4.78, 5) is 0. The number of nitriles is 1. The van der Waals surface area contributed by atoms with Crippen LogP contribution in [0, 0.1) is 17.2 Å². The summed E-state index contributed by atoms with van der Waals surface area (Å²) in [6.07, 6.45) is 0.767. The molecule has 0 fully saturated rings. The van der Waals surface area contributed by atoms with Crippen molar-refractivity contribution < 1.29 is 0 Å². The minimum atomic E-state index is -0.199. The van der Waals surface area contributed by atoms with E-state index in [-0.39, 0.29) is 11.6 Å². The molecular weight excluding hydrogens is 114 g/mol. The second kappa shape index (κ2) is 1.80. The van der Waals surface area contributed by atoms with Crippen LogP contribution in [0.1, 0.15) is 20.3 Å². The predicted molar refractivity (Wildman–Crippen MR) is 32.7 cm³/mol. The molecule has 9 heavy (non-hydrogen) atoms. The molecule has 1 unspecified atom stereocenters. The normalized spacial score (nSPS) is 22.8. The van der Waals surface area contributed by atoms with Gasteiger partial charge in [0, 0.05) is 12.3 Å². The summed E-state index contributed by atoms with van der Waals surface area (Å²) in [5, 5.41) is 16.0. The summed E-state index contributed by atoms with van der Waals surface area (Å²) in [5.74, 6) is 0.0741. The van der Waals surface area contributed by atoms with E-state index in [1.54, 1.807) is 0 Å². The molecule has 1 rings (SSSR count). The van der Waals surface area contributed by atoms with Crippen LogP contribution in [0.15, 0.2) is 10.2 Å². The zero-order chi connectivity index (χ0) is 6.91. The van der Waals surface area contributed by atoms with Crippen LogP contribution in [-0.2, 0) is 0 Å². The average molecular weight is 123 g/mol. The lowest BCUT2D eigenvalue weighted by atomic mass is 10.0. The van der Waals surface area contributed by atoms with Crippen molar-refractivity contribution in [1.82, 2.24) is 0 Å². The quantitative estimate of drug-likeness (QED) is 0.551. The molecule has 0 aromatic heterocycles. The maximum Gasteiger partial charge on any atom is 0.189 e. The molecule has 0 aliphatic carbocycles. The lowest BCUT2D eigenvalue weighted by molar-refractivity contribution is 0.521. The maximum atomic E-state index is 8.39. The van der Waals surface area contributed by atoms with E-state index < -0.39 is 0 Å². The molecule has 0 aromatic carbocycles. The van der Waals surface area contributed by atoms with Gasteiger partial charge in [-0.05, 0) is 13.8 Å². The summed E-state index contributed by atoms with van der Waals surface area (Å²) in [5.41, 5.74) is -0.199. The third kappa shape index (κ3) is 1.49. The van der Waals surface area contributed by atoms with Crippen molar-refractivity contribution in [2.24, 2.45) is 16.1 Å². The van der Waals surface area contributed by atoms with Gasteiger partial charge in [0.2, 0.25) is 0 Å². The summed E-state index contributed by atoms with van der Waals surface area (Å²) >= 11 is 0. The number of nitrogens with zero attached hydrogens (tertiary/aromatic N) is 3. The molecule has 0 saturated carbocycles. The Morgan fingerprint density at radius 2 is 2.22 bits per heavy atom. The van der Waals surface area contributed by atoms with Gasteiger partial charge in [-0.1, -0.05) is 0 Å². The predicted octanol–water partition coefficient (Wildman–Crippen LogP) is 1.72. The molecule has 0 N–H and O–H groups in total. The van der Waals surface area contributed by atoms with Gasteiger partial charge in [-0.3, -0.25) is 0 Å². The van der Waals surface area contributed by atoms with E-state index in [2.05, 4.69) is 16.3 Å². The fourth-order valence-electron chi connectivity index (χ4n) is 0.793. The van der Waals surface area contributed by atoms with Crippen molar-refractivity contribution >= 4 is 0 Å². The Kier molecular flexibility index (Phi) is 1.24. The van der Waals surface area contributed by atoms with Crippen LogP contribution >= 0.6 is 0 Å². The molecule has 1 aliphatic heterocycles. The first kappa shape index (κ1) is 6.21. The second-order valence-corrected chi connectivity index (χ2v) is 2.65. The third-order valence-corrected chi connectivity index (χ3v) is 1.35. The molecule has 1 aliphatic rings. The van der Waals surface area contributed by atoms with Crippen LogP contribution in [0.25, 0.3) is 0 Å². The highest BCUT2D eigenvalue weighted by atomic mass is 15.4. The van der Waals surface area contributed by atoms with Gasteiger partial charge in [-0.25, -0.2) is 0 Å². The monoisotopic (exact) mass is 123 g/mol. The largest absolute Gasteiger partial charge is 0.198 e. The first-order valence-corrected chi connectivity index (χ1v) is 3.00. The van der Waals surface area contributed by atoms with Crippen molar-refractivity contribution in [3.63, 3.8) is 0 Å². The number of hydrogen-bond acceptors (Lipinski definition) is 3. The van der Waals surface area contributed by atoms with Gasteiger partial charge in [0.15, 0.2) is 5.66 Å². The Bertz CT molecular complexity index is 171. The van der Waals surface area contributed by atoms with E-state index in [4.69, 9.17) is 5.26 Å². The molecule has 1 heterocycles. The van der Waals surface area contributed by atoms with E-state index in [0.717, 1.165) is 6.42 Å². The zero-order valence-electron chi connectivity index (χ0n) is 5.63. The fourth-order valence-corrected chi connectivity index (χ4v) is 0.793. The number of rotatable bonds is 2. The van der Waals surface area contributed by atoms with Crippen molar-refractivity contribution in [3.8, 4) is 6.07 Å². The summed E-state index contributed by atoms with van der Waals surface area (Å²) in [6, 6.07) is 2.14. The Labute approximate surface area is 54.4 Å². The Morgan fingerprint density at radius 1 is 1.67 bits per heavy atom. The molecular formula is C6H9N3. The van der Waals surface area contributed by atoms with Crippen LogP contribution in [0.2, 0.25) is 0 Å². The lowest BCUT2D eigenvalue weighted by Gasteiger charge is -2.02. The van der Waals surface area contributed by atoms with Crippen LogP contribution in [0.4, 0.5) is 0 Å². The molecule has 3 nitrogen and oxygen atoms in total. The van der Waals surface area contributed by atoms with Crippen molar-refractivity contribution in [2.45, 2.75) is 25.9 Å². The van der Waals surface area contributed by atoms with Gasteiger partial charge in [0.1, 0.15) is 0 Å². The lowest BCUT2D eigenvalue weighted by Crippen LogP contribution is -2.08. The third-order valence-electron chi connectivity index (χ3n) is 1.35. The highest BCUT2D eigenvalue weighted by molar-refractivity contribution is 4.94.